The van der Waals surface area contributed by atoms with Gasteiger partial charge in [0, 0.05) is 42.2 Å². The number of amides is 2. The van der Waals surface area contributed by atoms with Gasteiger partial charge in [-0.15, -0.1) is 0 Å². The number of benzene rings is 2. The number of nitrogens with one attached hydrogen (secondary N) is 2. The van der Waals surface area contributed by atoms with Crippen molar-refractivity contribution in [2.45, 2.75) is 45.9 Å². The Balaban J connectivity index is 1.38. The summed E-state index contributed by atoms with van der Waals surface area (Å²) >= 11 is 0. The van der Waals surface area contributed by atoms with Crippen molar-refractivity contribution in [3.8, 4) is 22.4 Å². The summed E-state index contributed by atoms with van der Waals surface area (Å²) in [5.41, 5.74) is 4.43. The van der Waals surface area contributed by atoms with Crippen LogP contribution in [0.2, 0.25) is 0 Å². The quantitative estimate of drug-likeness (QED) is 0.165. The molecule has 0 aliphatic rings. The molecule has 3 heterocycles. The summed E-state index contributed by atoms with van der Waals surface area (Å²) in [5.74, 6) is -1.39. The van der Waals surface area contributed by atoms with Gasteiger partial charge in [-0.2, -0.15) is 0 Å². The fourth-order valence-electron chi connectivity index (χ4n) is 5.00. The van der Waals surface area contributed by atoms with Crippen LogP contribution in [-0.4, -0.2) is 38.4 Å². The van der Waals surface area contributed by atoms with Gasteiger partial charge in [0.25, 0.3) is 0 Å². The number of ether oxygens (including phenoxy) is 1. The predicted octanol–water partition coefficient (Wildman–Crippen LogP) is 6.46. The maximum atomic E-state index is 14.0. The molecule has 46 heavy (non-hydrogen) atoms. The standard InChI is InChI=1S/C37H37N5O4/c1-37(2,3)34(36(45)40-30-16-20-38-21-17-30)41-35(44)32(23-33(43)46-25-26-9-5-4-6-10-26)42-22-18-29(24-42)27-12-14-28(15-13-27)31-11-7-8-19-39-31/h4-22,24,32,34H,23,25H2,1-3H3,(H,41,44)(H,38,40,45). The SMILES string of the molecule is CC(C)(C)C(NC(=O)C(CC(=O)OCc1ccccc1)n1ccc(-c2ccc(-c3ccccn3)cc2)c1)C(=O)Nc1ccncc1. The van der Waals surface area contributed by atoms with Crippen LogP contribution < -0.4 is 10.6 Å². The summed E-state index contributed by atoms with van der Waals surface area (Å²) in [7, 11) is 0. The first-order valence-electron chi connectivity index (χ1n) is 15.1. The molecule has 3 aromatic heterocycles. The van der Waals surface area contributed by atoms with Gasteiger partial charge in [0.15, 0.2) is 0 Å². The number of pyridine rings is 2. The number of hydrogen-bond donors (Lipinski definition) is 2. The van der Waals surface area contributed by atoms with Gasteiger partial charge in [0.05, 0.1) is 12.1 Å². The van der Waals surface area contributed by atoms with Crippen LogP contribution in [0.4, 0.5) is 5.69 Å². The first-order chi connectivity index (χ1) is 22.2. The fraction of sp³-hybridized carbons (Fsp3) is 0.216. The van der Waals surface area contributed by atoms with E-state index < -0.39 is 29.4 Å². The van der Waals surface area contributed by atoms with Gasteiger partial charge in [0.2, 0.25) is 11.8 Å². The van der Waals surface area contributed by atoms with Crippen LogP contribution in [0.1, 0.15) is 38.8 Å². The van der Waals surface area contributed by atoms with Gasteiger partial charge in [-0.25, -0.2) is 0 Å². The van der Waals surface area contributed by atoms with Crippen LogP contribution in [0.15, 0.2) is 122 Å². The second-order valence-electron chi connectivity index (χ2n) is 12.0. The summed E-state index contributed by atoms with van der Waals surface area (Å²) < 4.78 is 7.25. The van der Waals surface area contributed by atoms with E-state index in [1.165, 1.54) is 0 Å². The maximum absolute atomic E-state index is 14.0. The van der Waals surface area contributed by atoms with Gasteiger partial charge < -0.3 is 19.9 Å². The molecule has 9 nitrogen and oxygen atoms in total. The Morgan fingerprint density at radius 3 is 2.15 bits per heavy atom. The molecular formula is C37H37N5O4. The summed E-state index contributed by atoms with van der Waals surface area (Å²) in [6, 6.07) is 26.5. The zero-order valence-corrected chi connectivity index (χ0v) is 26.1. The highest BCUT2D eigenvalue weighted by molar-refractivity contribution is 5.98. The van der Waals surface area contributed by atoms with Gasteiger partial charge in [0.1, 0.15) is 18.7 Å². The molecule has 2 unspecified atom stereocenters. The lowest BCUT2D eigenvalue weighted by atomic mass is 9.85. The van der Waals surface area contributed by atoms with Crippen molar-refractivity contribution < 1.29 is 19.1 Å². The minimum atomic E-state index is -0.969. The number of hydrogen-bond acceptors (Lipinski definition) is 6. The second kappa shape index (κ2) is 14.5. The Hall–Kier alpha value is -5.57. The van der Waals surface area contributed by atoms with Gasteiger partial charge in [-0.05, 0) is 52.4 Å². The van der Waals surface area contributed by atoms with Crippen molar-refractivity contribution in [2.24, 2.45) is 5.41 Å². The number of anilines is 1. The van der Waals surface area contributed by atoms with Crippen LogP contribution in [0.5, 0.6) is 0 Å². The number of aromatic nitrogens is 3. The zero-order chi connectivity index (χ0) is 32.5. The molecule has 9 heteroatoms. The lowest BCUT2D eigenvalue weighted by Gasteiger charge is -2.32. The molecule has 0 fully saturated rings. The van der Waals surface area contributed by atoms with Crippen LogP contribution in [-0.2, 0) is 25.7 Å². The average molecular weight is 616 g/mol. The molecule has 0 bridgehead atoms. The molecule has 5 rings (SSSR count). The van der Waals surface area contributed by atoms with E-state index in [4.69, 9.17) is 4.74 Å². The molecule has 0 radical (unpaired) electrons. The maximum Gasteiger partial charge on any atom is 0.308 e. The Labute approximate surface area is 268 Å². The lowest BCUT2D eigenvalue weighted by Crippen LogP contribution is -2.53. The normalized spacial score (nSPS) is 12.5. The average Bonchev–Trinajstić information content (AvgIpc) is 3.56. The third-order valence-corrected chi connectivity index (χ3v) is 7.52. The molecule has 0 aliphatic carbocycles. The summed E-state index contributed by atoms with van der Waals surface area (Å²) in [5, 5.41) is 5.78. The molecule has 2 atom stereocenters. The minimum absolute atomic E-state index is 0.0898. The van der Waals surface area contributed by atoms with Crippen molar-refractivity contribution in [3.63, 3.8) is 0 Å². The topological polar surface area (TPSA) is 115 Å². The van der Waals surface area contributed by atoms with E-state index in [1.807, 2.05) is 106 Å². The Morgan fingerprint density at radius 1 is 0.783 bits per heavy atom. The van der Waals surface area contributed by atoms with Gasteiger partial charge >= 0.3 is 5.97 Å². The van der Waals surface area contributed by atoms with Crippen molar-refractivity contribution in [3.05, 3.63) is 128 Å². The largest absolute Gasteiger partial charge is 0.461 e. The highest BCUT2D eigenvalue weighted by atomic mass is 16.5. The molecular weight excluding hydrogens is 578 g/mol. The number of esters is 1. The minimum Gasteiger partial charge on any atom is -0.461 e. The van der Waals surface area contributed by atoms with Crippen LogP contribution in [0.25, 0.3) is 22.4 Å². The molecule has 0 spiro atoms. The molecule has 5 aromatic rings. The van der Waals surface area contributed by atoms with E-state index in [9.17, 15) is 14.4 Å². The lowest BCUT2D eigenvalue weighted by molar-refractivity contribution is -0.148. The van der Waals surface area contributed by atoms with E-state index in [2.05, 4.69) is 20.6 Å². The summed E-state index contributed by atoms with van der Waals surface area (Å²) in [6.07, 6.45) is 8.27. The van der Waals surface area contributed by atoms with E-state index in [0.717, 1.165) is 27.9 Å². The van der Waals surface area contributed by atoms with Gasteiger partial charge in [-0.3, -0.25) is 24.4 Å². The molecule has 0 saturated carbocycles. The number of carbonyl (C=O) groups is 3. The second-order valence-corrected chi connectivity index (χ2v) is 12.0. The van der Waals surface area contributed by atoms with Crippen LogP contribution in [0, 0.1) is 5.41 Å². The van der Waals surface area contributed by atoms with E-state index in [1.54, 1.807) is 41.5 Å². The highest BCUT2D eigenvalue weighted by Gasteiger charge is 2.36. The first kappa shape index (κ1) is 31.8. The first-order valence-corrected chi connectivity index (χ1v) is 15.1. The number of carbonyl (C=O) groups excluding carboxylic acids is 3. The van der Waals surface area contributed by atoms with E-state index >= 15 is 0 Å². The smallest absolute Gasteiger partial charge is 0.308 e. The van der Waals surface area contributed by atoms with E-state index in [0.29, 0.717) is 5.69 Å². The Kier molecular flexibility index (Phi) is 10.0. The molecule has 0 saturated heterocycles. The Morgan fingerprint density at radius 2 is 1.48 bits per heavy atom. The monoisotopic (exact) mass is 615 g/mol. The molecule has 0 aliphatic heterocycles. The third kappa shape index (κ3) is 8.32. The molecule has 234 valence electrons. The fourth-order valence-corrected chi connectivity index (χ4v) is 5.00. The van der Waals surface area contributed by atoms with Crippen molar-refractivity contribution in [1.82, 2.24) is 19.9 Å². The predicted molar refractivity (Wildman–Crippen MR) is 177 cm³/mol. The summed E-state index contributed by atoms with van der Waals surface area (Å²) in [6.45, 7) is 5.70. The number of nitrogens with zero attached hydrogens (tertiary/aromatic N) is 3. The number of rotatable bonds is 11. The van der Waals surface area contributed by atoms with Crippen molar-refractivity contribution in [2.75, 3.05) is 5.32 Å². The molecule has 2 amide bonds. The summed E-state index contributed by atoms with van der Waals surface area (Å²) in [4.78, 5) is 48.9. The Bertz CT molecular complexity index is 1750. The zero-order valence-electron chi connectivity index (χ0n) is 26.1. The van der Waals surface area contributed by atoms with Crippen LogP contribution in [0.3, 0.4) is 0 Å². The third-order valence-electron chi connectivity index (χ3n) is 7.52. The molecule has 2 aromatic carbocycles. The highest BCUT2D eigenvalue weighted by Crippen LogP contribution is 2.27. The van der Waals surface area contributed by atoms with Gasteiger partial charge in [-0.1, -0.05) is 81.4 Å². The molecule has 2 N–H and O–H groups in total. The van der Waals surface area contributed by atoms with Crippen molar-refractivity contribution in [1.29, 1.82) is 0 Å². The van der Waals surface area contributed by atoms with Crippen molar-refractivity contribution >= 4 is 23.5 Å². The van der Waals surface area contributed by atoms with E-state index in [-0.39, 0.29) is 18.9 Å². The van der Waals surface area contributed by atoms with Crippen LogP contribution >= 0.6 is 0 Å².